The minimum Gasteiger partial charge on any atom is -0.420 e. The van der Waals surface area contributed by atoms with Crippen LogP contribution in [0.1, 0.15) is 0 Å². The highest BCUT2D eigenvalue weighted by Crippen LogP contribution is 2.23. The van der Waals surface area contributed by atoms with E-state index in [1.165, 1.54) is 0 Å². The van der Waals surface area contributed by atoms with E-state index in [2.05, 4.69) is 5.32 Å². The summed E-state index contributed by atoms with van der Waals surface area (Å²) in [6, 6.07) is 6.76. The third-order valence-corrected chi connectivity index (χ3v) is 2.20. The van der Waals surface area contributed by atoms with Gasteiger partial charge in [-0.25, -0.2) is 4.79 Å². The van der Waals surface area contributed by atoms with Gasteiger partial charge in [0.25, 0.3) is 0 Å². The zero-order valence-corrected chi connectivity index (χ0v) is 8.50. The Labute approximate surface area is 90.9 Å². The van der Waals surface area contributed by atoms with Crippen LogP contribution >= 0.6 is 0 Å². The van der Waals surface area contributed by atoms with E-state index in [1.54, 1.807) is 24.3 Å². The highest BCUT2D eigenvalue weighted by molar-refractivity contribution is 5.89. The predicted molar refractivity (Wildman–Crippen MR) is 60.0 cm³/mol. The molecule has 0 atom stereocenters. The second kappa shape index (κ2) is 4.32. The Hall–Kier alpha value is -1.88. The van der Waals surface area contributed by atoms with Crippen molar-refractivity contribution in [3.8, 4) is 0 Å². The Morgan fingerprint density at radius 3 is 2.88 bits per heavy atom. The molecule has 0 fully saturated rings. The molecule has 0 spiro atoms. The largest absolute Gasteiger partial charge is 0.420 e. The summed E-state index contributed by atoms with van der Waals surface area (Å²) in [6.07, 6.45) is 0. The van der Waals surface area contributed by atoms with Gasteiger partial charge in [0.1, 0.15) is 5.58 Å². The molecule has 0 aliphatic carbocycles. The van der Waals surface area contributed by atoms with Crippen LogP contribution in [0.25, 0.3) is 11.0 Å². The molecular weight excluding hydrogens is 211 g/mol. The highest BCUT2D eigenvalue weighted by Gasteiger charge is 2.12. The summed E-state index contributed by atoms with van der Waals surface area (Å²) in [7, 11) is 0. The number of hydrogen-bond acceptors (Lipinski definition) is 4. The molecule has 2 rings (SSSR count). The van der Waals surface area contributed by atoms with E-state index < -0.39 is 11.4 Å². The zero-order chi connectivity index (χ0) is 11.5. The summed E-state index contributed by atoms with van der Waals surface area (Å²) < 4.78 is 18.4. The summed E-state index contributed by atoms with van der Waals surface area (Å²) in [5.41, 5.74) is 4.85. The van der Waals surface area contributed by atoms with E-state index in [4.69, 9.17) is 10.2 Å². The molecule has 0 aliphatic rings. The van der Waals surface area contributed by atoms with Crippen LogP contribution < -0.4 is 16.7 Å². The molecule has 2 aromatic rings. The van der Waals surface area contributed by atoms with Crippen molar-refractivity contribution in [2.45, 2.75) is 0 Å². The molecule has 0 unspecified atom stereocenters. The molecule has 1 heterocycles. The Bertz CT molecular complexity index is 565. The van der Waals surface area contributed by atoms with Crippen molar-refractivity contribution >= 4 is 16.7 Å². The van der Waals surface area contributed by atoms with Crippen LogP contribution in [-0.4, -0.2) is 13.1 Å². The molecule has 0 amide bonds. The lowest BCUT2D eigenvalue weighted by Gasteiger charge is -2.08. The molecule has 1 aromatic heterocycles. The predicted octanol–water partition coefficient (Wildman–Crippen LogP) is 1.30. The molecule has 5 heteroatoms. The number of para-hydroxylation sites is 1. The van der Waals surface area contributed by atoms with Crippen LogP contribution in [0.5, 0.6) is 0 Å². The number of nitrogens with two attached hydrogens (primary N) is 1. The van der Waals surface area contributed by atoms with Gasteiger partial charge in [-0.05, 0) is 12.1 Å². The lowest BCUT2D eigenvalue weighted by Crippen LogP contribution is -2.17. The summed E-state index contributed by atoms with van der Waals surface area (Å²) in [4.78, 5) is 11.2. The second-order valence-electron chi connectivity index (χ2n) is 3.29. The zero-order valence-electron chi connectivity index (χ0n) is 8.50. The van der Waals surface area contributed by atoms with Crippen molar-refractivity contribution in [2.24, 2.45) is 5.73 Å². The maximum atomic E-state index is 13.5. The van der Waals surface area contributed by atoms with Gasteiger partial charge in [-0.15, -0.1) is 0 Å². The lowest BCUT2D eigenvalue weighted by atomic mass is 10.2. The molecule has 0 radical (unpaired) electrons. The first-order valence-corrected chi connectivity index (χ1v) is 4.89. The SMILES string of the molecule is NCCNc1c(F)c(=O)oc2ccccc12. The van der Waals surface area contributed by atoms with Crippen LogP contribution in [-0.2, 0) is 0 Å². The highest BCUT2D eigenvalue weighted by atomic mass is 19.1. The third kappa shape index (κ3) is 1.77. The molecule has 0 saturated heterocycles. The lowest BCUT2D eigenvalue weighted by molar-refractivity contribution is 0.489. The minimum absolute atomic E-state index is 0.150. The second-order valence-corrected chi connectivity index (χ2v) is 3.29. The van der Waals surface area contributed by atoms with Gasteiger partial charge >= 0.3 is 5.63 Å². The van der Waals surface area contributed by atoms with Gasteiger partial charge in [-0.1, -0.05) is 12.1 Å². The fourth-order valence-corrected chi connectivity index (χ4v) is 1.50. The van der Waals surface area contributed by atoms with Crippen molar-refractivity contribution in [1.82, 2.24) is 0 Å². The number of fused-ring (bicyclic) bond motifs is 1. The van der Waals surface area contributed by atoms with Gasteiger partial charge in [0.05, 0.1) is 5.69 Å². The quantitative estimate of drug-likeness (QED) is 0.768. The maximum absolute atomic E-state index is 13.5. The Balaban J connectivity index is 2.66. The number of benzene rings is 1. The Morgan fingerprint density at radius 1 is 1.38 bits per heavy atom. The van der Waals surface area contributed by atoms with E-state index >= 15 is 0 Å². The monoisotopic (exact) mass is 222 g/mol. The van der Waals surface area contributed by atoms with E-state index in [-0.39, 0.29) is 5.69 Å². The van der Waals surface area contributed by atoms with Crippen molar-refractivity contribution in [3.63, 3.8) is 0 Å². The van der Waals surface area contributed by atoms with E-state index in [9.17, 15) is 9.18 Å². The van der Waals surface area contributed by atoms with Gasteiger partial charge in [0, 0.05) is 18.5 Å². The van der Waals surface area contributed by atoms with E-state index in [0.29, 0.717) is 24.1 Å². The summed E-state index contributed by atoms with van der Waals surface area (Å²) in [6.45, 7) is 0.748. The molecular formula is C11H11FN2O2. The molecule has 0 aliphatic heterocycles. The van der Waals surface area contributed by atoms with Gasteiger partial charge < -0.3 is 15.5 Å². The smallest absolute Gasteiger partial charge is 0.374 e. The molecule has 4 nitrogen and oxygen atoms in total. The van der Waals surface area contributed by atoms with Crippen molar-refractivity contribution in [1.29, 1.82) is 0 Å². The normalized spacial score (nSPS) is 10.6. The van der Waals surface area contributed by atoms with Gasteiger partial charge in [-0.2, -0.15) is 4.39 Å². The number of hydrogen-bond donors (Lipinski definition) is 2. The minimum atomic E-state index is -0.974. The van der Waals surface area contributed by atoms with Gasteiger partial charge in [0.2, 0.25) is 5.82 Å². The number of nitrogens with one attached hydrogen (secondary N) is 1. The van der Waals surface area contributed by atoms with Crippen molar-refractivity contribution in [3.05, 3.63) is 40.5 Å². The molecule has 0 saturated carbocycles. The topological polar surface area (TPSA) is 68.3 Å². The average Bonchev–Trinajstić information content (AvgIpc) is 2.30. The maximum Gasteiger partial charge on any atom is 0.374 e. The summed E-state index contributed by atoms with van der Waals surface area (Å²) >= 11 is 0. The number of anilines is 1. The Kier molecular flexibility index (Phi) is 2.87. The van der Waals surface area contributed by atoms with Crippen molar-refractivity contribution < 1.29 is 8.81 Å². The van der Waals surface area contributed by atoms with Crippen LogP contribution in [0.15, 0.2) is 33.5 Å². The summed E-state index contributed by atoms with van der Waals surface area (Å²) in [5, 5.41) is 3.32. The van der Waals surface area contributed by atoms with Crippen molar-refractivity contribution in [2.75, 3.05) is 18.4 Å². The van der Waals surface area contributed by atoms with Crippen LogP contribution in [0.4, 0.5) is 10.1 Å². The van der Waals surface area contributed by atoms with Gasteiger partial charge in [0.15, 0.2) is 0 Å². The fraction of sp³-hybridized carbons (Fsp3) is 0.182. The average molecular weight is 222 g/mol. The number of halogens is 1. The first kappa shape index (κ1) is 10.6. The molecule has 1 aromatic carbocycles. The molecule has 84 valence electrons. The van der Waals surface area contributed by atoms with Crippen LogP contribution in [0.2, 0.25) is 0 Å². The first-order chi connectivity index (χ1) is 7.74. The molecule has 3 N–H and O–H groups in total. The first-order valence-electron chi connectivity index (χ1n) is 4.89. The fourth-order valence-electron chi connectivity index (χ4n) is 1.50. The standard InChI is InChI=1S/C11H11FN2O2/c12-9-10(14-6-5-13)7-3-1-2-4-8(7)16-11(9)15/h1-4,14H,5-6,13H2. The van der Waals surface area contributed by atoms with Gasteiger partial charge in [-0.3, -0.25) is 0 Å². The van der Waals surface area contributed by atoms with E-state index in [0.717, 1.165) is 0 Å². The molecule has 0 bridgehead atoms. The van der Waals surface area contributed by atoms with Crippen LogP contribution in [0, 0.1) is 5.82 Å². The van der Waals surface area contributed by atoms with E-state index in [1.807, 2.05) is 0 Å². The Morgan fingerprint density at radius 2 is 2.12 bits per heavy atom. The third-order valence-electron chi connectivity index (χ3n) is 2.20. The number of rotatable bonds is 3. The summed E-state index contributed by atoms with van der Waals surface area (Å²) in [5.74, 6) is -0.910. The van der Waals surface area contributed by atoms with Crippen LogP contribution in [0.3, 0.4) is 0 Å². The molecule has 16 heavy (non-hydrogen) atoms.